The molecule has 9 heteroatoms. The van der Waals surface area contributed by atoms with Crippen LogP contribution in [0.15, 0.2) is 18.6 Å². The first kappa shape index (κ1) is 14.1. The average molecular weight is 288 g/mol. The Kier molecular flexibility index (Phi) is 4.30. The van der Waals surface area contributed by atoms with Gasteiger partial charge in [-0.15, -0.1) is 0 Å². The minimum atomic E-state index is -3.96. The fourth-order valence-electron chi connectivity index (χ4n) is 2.17. The molecule has 0 saturated heterocycles. The zero-order valence-electron chi connectivity index (χ0n) is 10.1. The zero-order valence-corrected chi connectivity index (χ0v) is 11.0. The third-order valence-corrected chi connectivity index (χ3v) is 3.50. The van der Waals surface area contributed by atoms with Crippen LogP contribution in [0.1, 0.15) is 12.8 Å². The Labute approximate surface area is 111 Å². The summed E-state index contributed by atoms with van der Waals surface area (Å²) in [5.74, 6) is 0.401. The van der Waals surface area contributed by atoms with Gasteiger partial charge < -0.3 is 10.4 Å². The van der Waals surface area contributed by atoms with Gasteiger partial charge in [0.05, 0.1) is 12.7 Å². The highest BCUT2D eigenvalue weighted by molar-refractivity contribution is 7.84. The molecule has 106 valence electrons. The van der Waals surface area contributed by atoms with E-state index in [1.165, 1.54) is 6.33 Å². The van der Waals surface area contributed by atoms with E-state index in [-0.39, 0.29) is 18.6 Å². The van der Waals surface area contributed by atoms with Crippen LogP contribution in [-0.2, 0) is 14.5 Å². The highest BCUT2D eigenvalue weighted by Crippen LogP contribution is 2.28. The van der Waals surface area contributed by atoms with Crippen molar-refractivity contribution < 1.29 is 17.7 Å². The molecule has 2 rings (SSSR count). The van der Waals surface area contributed by atoms with Crippen LogP contribution in [0.4, 0.5) is 5.82 Å². The molecule has 0 radical (unpaired) electrons. The summed E-state index contributed by atoms with van der Waals surface area (Å²) in [5.41, 5.74) is 0. The van der Waals surface area contributed by atoms with E-state index in [4.69, 9.17) is 5.14 Å². The predicted molar refractivity (Wildman–Crippen MR) is 67.2 cm³/mol. The van der Waals surface area contributed by atoms with Crippen molar-refractivity contribution in [1.82, 2.24) is 9.97 Å². The molecule has 0 spiro atoms. The molecular formula is C10H16N4O4S. The summed E-state index contributed by atoms with van der Waals surface area (Å²) in [7, 11) is -3.96. The van der Waals surface area contributed by atoms with Crippen molar-refractivity contribution in [2.24, 2.45) is 11.1 Å². The number of nitrogens with two attached hydrogens (primary N) is 1. The van der Waals surface area contributed by atoms with Gasteiger partial charge in [-0.2, -0.15) is 8.42 Å². The Balaban J connectivity index is 1.87. The van der Waals surface area contributed by atoms with Crippen molar-refractivity contribution >= 4 is 16.1 Å². The highest BCUT2D eigenvalue weighted by atomic mass is 32.2. The van der Waals surface area contributed by atoms with Gasteiger partial charge >= 0.3 is 10.3 Å². The molecular weight excluding hydrogens is 272 g/mol. The summed E-state index contributed by atoms with van der Waals surface area (Å²) in [4.78, 5) is 7.83. The molecule has 0 unspecified atom stereocenters. The van der Waals surface area contributed by atoms with Gasteiger partial charge in [0.15, 0.2) is 0 Å². The molecule has 1 heterocycles. The number of nitrogens with one attached hydrogen (secondary N) is 1. The van der Waals surface area contributed by atoms with Crippen molar-refractivity contribution in [2.75, 3.05) is 11.9 Å². The lowest BCUT2D eigenvalue weighted by Crippen LogP contribution is -2.24. The molecule has 1 aliphatic carbocycles. The molecule has 1 fully saturated rings. The fourth-order valence-corrected chi connectivity index (χ4v) is 2.53. The standard InChI is InChI=1S/C10H16N4O4S/c11-19(16,17)18-5-7-3-8(4-9(7)15)14-10-1-2-12-6-13-10/h1-2,6-9,15H,3-5H2,(H2,11,16,17)(H,12,13,14)/t7-,8+,9-/m0/s1. The number of aliphatic hydroxyl groups excluding tert-OH is 1. The summed E-state index contributed by atoms with van der Waals surface area (Å²) in [5, 5.41) is 17.7. The molecule has 1 aromatic rings. The largest absolute Gasteiger partial charge is 0.393 e. The minimum Gasteiger partial charge on any atom is -0.393 e. The first-order valence-electron chi connectivity index (χ1n) is 5.82. The number of nitrogens with zero attached hydrogens (tertiary/aromatic N) is 2. The smallest absolute Gasteiger partial charge is 0.333 e. The Morgan fingerprint density at radius 2 is 2.32 bits per heavy atom. The highest BCUT2D eigenvalue weighted by Gasteiger charge is 2.34. The molecule has 1 aromatic heterocycles. The van der Waals surface area contributed by atoms with E-state index in [1.54, 1.807) is 12.3 Å². The number of rotatable bonds is 5. The van der Waals surface area contributed by atoms with Gasteiger partial charge in [-0.25, -0.2) is 15.1 Å². The van der Waals surface area contributed by atoms with Gasteiger partial charge in [0.25, 0.3) is 0 Å². The van der Waals surface area contributed by atoms with Crippen LogP contribution < -0.4 is 10.5 Å². The minimum absolute atomic E-state index is 0.0129. The summed E-state index contributed by atoms with van der Waals surface area (Å²) in [6.45, 7) is -0.109. The second-order valence-electron chi connectivity index (χ2n) is 4.51. The Morgan fingerprint density at radius 1 is 1.53 bits per heavy atom. The Hall–Kier alpha value is -1.29. The second-order valence-corrected chi connectivity index (χ2v) is 5.73. The molecule has 0 amide bonds. The number of aromatic nitrogens is 2. The first-order chi connectivity index (χ1) is 8.94. The monoisotopic (exact) mass is 288 g/mol. The Bertz CT molecular complexity index is 510. The van der Waals surface area contributed by atoms with Crippen LogP contribution in [0.3, 0.4) is 0 Å². The van der Waals surface area contributed by atoms with Crippen LogP contribution >= 0.6 is 0 Å². The third kappa shape index (κ3) is 4.39. The van der Waals surface area contributed by atoms with Crippen molar-refractivity contribution in [3.8, 4) is 0 Å². The first-order valence-corrected chi connectivity index (χ1v) is 7.29. The van der Waals surface area contributed by atoms with E-state index in [1.807, 2.05) is 0 Å². The summed E-state index contributed by atoms with van der Waals surface area (Å²) >= 11 is 0. The van der Waals surface area contributed by atoms with E-state index >= 15 is 0 Å². The van der Waals surface area contributed by atoms with Crippen LogP contribution in [0.5, 0.6) is 0 Å². The maximum Gasteiger partial charge on any atom is 0.333 e. The Morgan fingerprint density at radius 3 is 2.95 bits per heavy atom. The fraction of sp³-hybridized carbons (Fsp3) is 0.600. The lowest BCUT2D eigenvalue weighted by molar-refractivity contribution is 0.101. The van der Waals surface area contributed by atoms with Gasteiger partial charge in [0, 0.05) is 18.2 Å². The van der Waals surface area contributed by atoms with E-state index in [0.717, 1.165) is 0 Å². The third-order valence-electron chi connectivity index (χ3n) is 3.04. The van der Waals surface area contributed by atoms with Crippen molar-refractivity contribution in [1.29, 1.82) is 0 Å². The van der Waals surface area contributed by atoms with E-state index < -0.39 is 16.4 Å². The molecule has 0 aliphatic heterocycles. The van der Waals surface area contributed by atoms with Crippen molar-refractivity contribution in [2.45, 2.75) is 25.0 Å². The van der Waals surface area contributed by atoms with Gasteiger partial charge in [0.2, 0.25) is 0 Å². The van der Waals surface area contributed by atoms with E-state index in [2.05, 4.69) is 19.5 Å². The van der Waals surface area contributed by atoms with Gasteiger partial charge in [-0.1, -0.05) is 0 Å². The van der Waals surface area contributed by atoms with Crippen molar-refractivity contribution in [3.05, 3.63) is 18.6 Å². The topological polar surface area (TPSA) is 127 Å². The second kappa shape index (κ2) is 5.78. The maximum absolute atomic E-state index is 10.7. The molecule has 8 nitrogen and oxygen atoms in total. The molecule has 0 aromatic carbocycles. The number of anilines is 1. The molecule has 1 aliphatic rings. The zero-order chi connectivity index (χ0) is 13.9. The van der Waals surface area contributed by atoms with Crippen LogP contribution in [-0.4, -0.2) is 42.2 Å². The average Bonchev–Trinajstić information content (AvgIpc) is 2.67. The van der Waals surface area contributed by atoms with E-state index in [0.29, 0.717) is 18.7 Å². The molecule has 0 bridgehead atoms. The number of aliphatic hydroxyl groups is 1. The SMILES string of the molecule is NS(=O)(=O)OC[C@@H]1C[C@@H](Nc2ccncn2)C[C@@H]1O. The number of hydrogen-bond donors (Lipinski definition) is 3. The number of hydrogen-bond acceptors (Lipinski definition) is 7. The maximum atomic E-state index is 10.7. The predicted octanol–water partition coefficient (Wildman–Crippen LogP) is -0.752. The van der Waals surface area contributed by atoms with Gasteiger partial charge in [0.1, 0.15) is 12.1 Å². The van der Waals surface area contributed by atoms with Crippen LogP contribution in [0.2, 0.25) is 0 Å². The lowest BCUT2D eigenvalue weighted by atomic mass is 10.1. The van der Waals surface area contributed by atoms with Gasteiger partial charge in [-0.3, -0.25) is 4.18 Å². The molecule has 3 atom stereocenters. The molecule has 4 N–H and O–H groups in total. The summed E-state index contributed by atoms with van der Waals surface area (Å²) in [6.07, 6.45) is 3.50. The summed E-state index contributed by atoms with van der Waals surface area (Å²) in [6, 6.07) is 1.74. The van der Waals surface area contributed by atoms with Crippen LogP contribution in [0, 0.1) is 5.92 Å². The summed E-state index contributed by atoms with van der Waals surface area (Å²) < 4.78 is 25.9. The van der Waals surface area contributed by atoms with E-state index in [9.17, 15) is 13.5 Å². The quantitative estimate of drug-likeness (QED) is 0.650. The normalized spacial score (nSPS) is 27.4. The molecule has 19 heavy (non-hydrogen) atoms. The lowest BCUT2D eigenvalue weighted by Gasteiger charge is -2.13. The van der Waals surface area contributed by atoms with Gasteiger partial charge in [-0.05, 0) is 18.9 Å². The molecule has 1 saturated carbocycles. The van der Waals surface area contributed by atoms with Crippen LogP contribution in [0.25, 0.3) is 0 Å². The van der Waals surface area contributed by atoms with Crippen molar-refractivity contribution in [3.63, 3.8) is 0 Å².